The molecule has 2 aromatic carbocycles. The third kappa shape index (κ3) is 3.20. The maximum Gasteiger partial charge on any atom is 0.166 e. The van der Waals surface area contributed by atoms with Crippen molar-refractivity contribution in [3.05, 3.63) is 48.0 Å². The Balaban J connectivity index is 1.76. The third-order valence-electron chi connectivity index (χ3n) is 3.30. The fourth-order valence-electron chi connectivity index (χ4n) is 2.26. The number of rotatable bonds is 6. The lowest BCUT2D eigenvalue weighted by atomic mass is 10.2. The zero-order valence-corrected chi connectivity index (χ0v) is 13.4. The Morgan fingerprint density at radius 3 is 2.86 bits per heavy atom. The van der Waals surface area contributed by atoms with Crippen LogP contribution in [0.25, 0.3) is 11.0 Å². The van der Waals surface area contributed by atoms with Crippen LogP contribution in [0.1, 0.15) is 12.5 Å². The number of benzene rings is 2. The topological polar surface area (TPSA) is 47.1 Å². The van der Waals surface area contributed by atoms with Crippen LogP contribution < -0.4 is 9.47 Å². The van der Waals surface area contributed by atoms with Crippen LogP contribution in [0.4, 0.5) is 0 Å². The summed E-state index contributed by atoms with van der Waals surface area (Å²) in [4.78, 5) is 7.93. The van der Waals surface area contributed by atoms with Crippen molar-refractivity contribution in [2.75, 3.05) is 13.7 Å². The summed E-state index contributed by atoms with van der Waals surface area (Å²) in [5, 5.41) is 0.898. The molecule has 0 aliphatic carbocycles. The van der Waals surface area contributed by atoms with Crippen molar-refractivity contribution < 1.29 is 9.47 Å². The van der Waals surface area contributed by atoms with E-state index >= 15 is 0 Å². The Morgan fingerprint density at radius 2 is 2.05 bits per heavy atom. The van der Waals surface area contributed by atoms with Crippen molar-refractivity contribution in [1.82, 2.24) is 9.97 Å². The largest absolute Gasteiger partial charge is 0.496 e. The Bertz CT molecular complexity index is 770. The average Bonchev–Trinajstić information content (AvgIpc) is 2.95. The van der Waals surface area contributed by atoms with E-state index < -0.39 is 0 Å². The average molecular weight is 314 g/mol. The van der Waals surface area contributed by atoms with Gasteiger partial charge in [0, 0.05) is 17.4 Å². The summed E-state index contributed by atoms with van der Waals surface area (Å²) in [5.74, 6) is 2.58. The number of hydrogen-bond donors (Lipinski definition) is 1. The number of H-pyrrole nitrogens is 1. The summed E-state index contributed by atoms with van der Waals surface area (Å²) in [6.07, 6.45) is 0. The van der Waals surface area contributed by atoms with Gasteiger partial charge in [0.15, 0.2) is 5.16 Å². The summed E-state index contributed by atoms with van der Waals surface area (Å²) in [5.41, 5.74) is 3.10. The number of nitrogens with one attached hydrogen (secondary N) is 1. The van der Waals surface area contributed by atoms with E-state index in [1.807, 2.05) is 43.3 Å². The summed E-state index contributed by atoms with van der Waals surface area (Å²) in [6, 6.07) is 13.9. The summed E-state index contributed by atoms with van der Waals surface area (Å²) >= 11 is 1.66. The lowest BCUT2D eigenvalue weighted by molar-refractivity contribution is 0.340. The van der Waals surface area contributed by atoms with Gasteiger partial charge in [-0.1, -0.05) is 30.0 Å². The fourth-order valence-corrected chi connectivity index (χ4v) is 3.13. The smallest absolute Gasteiger partial charge is 0.166 e. The molecule has 22 heavy (non-hydrogen) atoms. The normalized spacial score (nSPS) is 10.8. The van der Waals surface area contributed by atoms with Crippen molar-refractivity contribution >= 4 is 22.8 Å². The number of aromatic amines is 1. The highest BCUT2D eigenvalue weighted by molar-refractivity contribution is 7.98. The highest BCUT2D eigenvalue weighted by atomic mass is 32.2. The second-order valence-electron chi connectivity index (χ2n) is 4.75. The van der Waals surface area contributed by atoms with Gasteiger partial charge in [-0.2, -0.15) is 0 Å². The number of fused-ring (bicyclic) bond motifs is 1. The van der Waals surface area contributed by atoms with E-state index in [2.05, 4.69) is 16.0 Å². The van der Waals surface area contributed by atoms with Crippen molar-refractivity contribution in [2.24, 2.45) is 0 Å². The van der Waals surface area contributed by atoms with E-state index in [4.69, 9.17) is 9.47 Å². The summed E-state index contributed by atoms with van der Waals surface area (Å²) < 4.78 is 10.9. The van der Waals surface area contributed by atoms with Gasteiger partial charge < -0.3 is 14.5 Å². The van der Waals surface area contributed by atoms with Gasteiger partial charge in [0.2, 0.25) is 0 Å². The molecule has 3 rings (SSSR count). The van der Waals surface area contributed by atoms with Gasteiger partial charge in [-0.3, -0.25) is 0 Å². The molecular weight excluding hydrogens is 296 g/mol. The molecule has 0 radical (unpaired) electrons. The SMILES string of the molecule is CCOc1ccc2nc(SCc3ccccc3OC)[nH]c2c1. The highest BCUT2D eigenvalue weighted by Gasteiger charge is 2.07. The van der Waals surface area contributed by atoms with Crippen LogP contribution in [0.3, 0.4) is 0 Å². The van der Waals surface area contributed by atoms with E-state index in [0.717, 1.165) is 39.0 Å². The van der Waals surface area contributed by atoms with Gasteiger partial charge >= 0.3 is 0 Å². The van der Waals surface area contributed by atoms with Gasteiger partial charge in [0.05, 0.1) is 24.8 Å². The third-order valence-corrected chi connectivity index (χ3v) is 4.22. The molecule has 1 heterocycles. The minimum atomic E-state index is 0.662. The van der Waals surface area contributed by atoms with E-state index in [0.29, 0.717) is 6.61 Å². The van der Waals surface area contributed by atoms with E-state index in [9.17, 15) is 0 Å². The Morgan fingerprint density at radius 1 is 1.18 bits per heavy atom. The van der Waals surface area contributed by atoms with Crippen molar-refractivity contribution in [1.29, 1.82) is 0 Å². The lowest BCUT2D eigenvalue weighted by Crippen LogP contribution is -1.90. The number of imidazole rings is 1. The van der Waals surface area contributed by atoms with Crippen molar-refractivity contribution in [3.8, 4) is 11.5 Å². The molecule has 0 amide bonds. The fraction of sp³-hybridized carbons (Fsp3) is 0.235. The first-order valence-corrected chi connectivity index (χ1v) is 8.16. The zero-order chi connectivity index (χ0) is 15.4. The zero-order valence-electron chi connectivity index (χ0n) is 12.6. The Kier molecular flexibility index (Phi) is 4.53. The van der Waals surface area contributed by atoms with E-state index in [-0.39, 0.29) is 0 Å². The van der Waals surface area contributed by atoms with Crippen LogP contribution in [0.15, 0.2) is 47.6 Å². The van der Waals surface area contributed by atoms with Gasteiger partial charge in [-0.25, -0.2) is 4.98 Å². The van der Waals surface area contributed by atoms with Gasteiger partial charge in [0.1, 0.15) is 11.5 Å². The van der Waals surface area contributed by atoms with Crippen molar-refractivity contribution in [3.63, 3.8) is 0 Å². The summed E-state index contributed by atoms with van der Waals surface area (Å²) in [7, 11) is 1.69. The van der Waals surface area contributed by atoms with Crippen LogP contribution >= 0.6 is 11.8 Å². The molecule has 0 unspecified atom stereocenters. The standard InChI is InChI=1S/C17H18N2O2S/c1-3-21-13-8-9-14-15(10-13)19-17(18-14)22-11-12-6-4-5-7-16(12)20-2/h4-10H,3,11H2,1-2H3,(H,18,19). The van der Waals surface area contributed by atoms with Crippen molar-refractivity contribution in [2.45, 2.75) is 17.8 Å². The quantitative estimate of drug-likeness (QED) is 0.691. The number of aromatic nitrogens is 2. The minimum absolute atomic E-state index is 0.662. The Hall–Kier alpha value is -2.14. The monoisotopic (exact) mass is 314 g/mol. The number of methoxy groups -OCH3 is 1. The van der Waals surface area contributed by atoms with Gasteiger partial charge in [-0.15, -0.1) is 0 Å². The van der Waals surface area contributed by atoms with E-state index in [1.54, 1.807) is 18.9 Å². The molecule has 0 spiro atoms. The van der Waals surface area contributed by atoms with Gasteiger partial charge in [0.25, 0.3) is 0 Å². The molecule has 0 bridgehead atoms. The second kappa shape index (κ2) is 6.75. The molecule has 5 heteroatoms. The number of para-hydroxylation sites is 1. The lowest BCUT2D eigenvalue weighted by Gasteiger charge is -2.06. The molecule has 0 atom stereocenters. The molecule has 4 nitrogen and oxygen atoms in total. The second-order valence-corrected chi connectivity index (χ2v) is 5.72. The number of nitrogens with zero attached hydrogens (tertiary/aromatic N) is 1. The predicted octanol–water partition coefficient (Wildman–Crippen LogP) is 4.26. The Labute approximate surface area is 133 Å². The molecule has 1 aromatic heterocycles. The molecule has 0 aliphatic rings. The maximum absolute atomic E-state index is 5.51. The number of thioether (sulfide) groups is 1. The van der Waals surface area contributed by atoms with Crippen LogP contribution in [0, 0.1) is 0 Å². The highest BCUT2D eigenvalue weighted by Crippen LogP contribution is 2.28. The molecule has 1 N–H and O–H groups in total. The summed E-state index contributed by atoms with van der Waals surface area (Å²) in [6.45, 7) is 2.64. The van der Waals surface area contributed by atoms with Crippen LogP contribution in [0.5, 0.6) is 11.5 Å². The molecule has 0 saturated carbocycles. The molecule has 0 saturated heterocycles. The predicted molar refractivity (Wildman–Crippen MR) is 89.8 cm³/mol. The molecule has 0 fully saturated rings. The number of hydrogen-bond acceptors (Lipinski definition) is 4. The van der Waals surface area contributed by atoms with E-state index in [1.165, 1.54) is 0 Å². The van der Waals surface area contributed by atoms with Crippen LogP contribution in [-0.4, -0.2) is 23.7 Å². The first-order chi connectivity index (χ1) is 10.8. The number of ether oxygens (including phenoxy) is 2. The molecular formula is C17H18N2O2S. The van der Waals surface area contributed by atoms with Gasteiger partial charge in [-0.05, 0) is 25.1 Å². The first-order valence-electron chi connectivity index (χ1n) is 7.17. The maximum atomic E-state index is 5.51. The van der Waals surface area contributed by atoms with Crippen LogP contribution in [-0.2, 0) is 5.75 Å². The molecule has 0 aliphatic heterocycles. The first kappa shape index (κ1) is 14.8. The van der Waals surface area contributed by atoms with Crippen LogP contribution in [0.2, 0.25) is 0 Å². The molecule has 114 valence electrons. The molecule has 3 aromatic rings. The minimum Gasteiger partial charge on any atom is -0.496 e.